The molecule has 0 saturated heterocycles. The van der Waals surface area contributed by atoms with Gasteiger partial charge in [-0.3, -0.25) is 4.79 Å². The summed E-state index contributed by atoms with van der Waals surface area (Å²) in [7, 11) is 0. The van der Waals surface area contributed by atoms with Gasteiger partial charge in [0.15, 0.2) is 5.76 Å². The predicted molar refractivity (Wildman–Crippen MR) is 83.6 cm³/mol. The van der Waals surface area contributed by atoms with E-state index in [1.807, 2.05) is 29.2 Å². The van der Waals surface area contributed by atoms with Crippen LogP contribution in [0.4, 0.5) is 0 Å². The minimum Gasteiger partial charge on any atom is -0.455 e. The fourth-order valence-electron chi connectivity index (χ4n) is 2.31. The molecule has 21 heavy (non-hydrogen) atoms. The summed E-state index contributed by atoms with van der Waals surface area (Å²) in [4.78, 5) is 14.5. The van der Waals surface area contributed by atoms with Crippen molar-refractivity contribution in [3.63, 3.8) is 0 Å². The number of carbonyl (C=O) groups is 1. The number of rotatable bonds is 5. The number of hydrogen-bond donors (Lipinski definition) is 1. The van der Waals surface area contributed by atoms with Gasteiger partial charge in [-0.1, -0.05) is 34.1 Å². The predicted octanol–water partition coefficient (Wildman–Crippen LogP) is 3.31. The zero-order valence-corrected chi connectivity index (χ0v) is 13.2. The highest BCUT2D eigenvalue weighted by molar-refractivity contribution is 9.10. The lowest BCUT2D eigenvalue weighted by Gasteiger charge is -2.22. The van der Waals surface area contributed by atoms with Crippen molar-refractivity contribution in [2.75, 3.05) is 0 Å². The first-order valence-corrected chi connectivity index (χ1v) is 7.81. The van der Waals surface area contributed by atoms with E-state index in [1.165, 1.54) is 0 Å². The van der Waals surface area contributed by atoms with Gasteiger partial charge in [0.1, 0.15) is 5.76 Å². The van der Waals surface area contributed by atoms with Gasteiger partial charge in [-0.15, -0.1) is 0 Å². The first-order chi connectivity index (χ1) is 10.2. The van der Waals surface area contributed by atoms with Gasteiger partial charge in [-0.05, 0) is 36.6 Å². The molecule has 1 aliphatic rings. The monoisotopic (exact) mass is 348 g/mol. The van der Waals surface area contributed by atoms with E-state index in [0.29, 0.717) is 30.7 Å². The number of nitrogens with two attached hydrogens (primary N) is 1. The van der Waals surface area contributed by atoms with Crippen LogP contribution in [0.25, 0.3) is 0 Å². The molecule has 110 valence electrons. The lowest BCUT2D eigenvalue weighted by molar-refractivity contribution is 0.0695. The van der Waals surface area contributed by atoms with Crippen LogP contribution in [-0.2, 0) is 13.1 Å². The highest BCUT2D eigenvalue weighted by Crippen LogP contribution is 2.31. The summed E-state index contributed by atoms with van der Waals surface area (Å²) < 4.78 is 6.51. The van der Waals surface area contributed by atoms with E-state index in [1.54, 1.807) is 12.1 Å². The van der Waals surface area contributed by atoms with Crippen molar-refractivity contribution in [3.8, 4) is 0 Å². The number of benzene rings is 1. The Kier molecular flexibility index (Phi) is 4.12. The Balaban J connectivity index is 1.81. The Labute approximate surface area is 132 Å². The van der Waals surface area contributed by atoms with Gasteiger partial charge in [-0.25, -0.2) is 0 Å². The average Bonchev–Trinajstić information content (AvgIpc) is 3.22. The molecule has 0 spiro atoms. The fraction of sp³-hybridized carbons (Fsp3) is 0.312. The lowest BCUT2D eigenvalue weighted by atomic mass is 10.2. The molecular weight excluding hydrogens is 332 g/mol. The van der Waals surface area contributed by atoms with Crippen molar-refractivity contribution in [1.29, 1.82) is 0 Å². The molecule has 1 heterocycles. The van der Waals surface area contributed by atoms with Crippen molar-refractivity contribution < 1.29 is 9.21 Å². The normalized spacial score (nSPS) is 14.2. The molecule has 0 aliphatic heterocycles. The van der Waals surface area contributed by atoms with Gasteiger partial charge < -0.3 is 15.1 Å². The molecule has 1 aliphatic carbocycles. The van der Waals surface area contributed by atoms with Crippen LogP contribution in [0.15, 0.2) is 45.3 Å². The Bertz CT molecular complexity index is 649. The van der Waals surface area contributed by atoms with Gasteiger partial charge in [0.05, 0.1) is 6.54 Å². The van der Waals surface area contributed by atoms with Gasteiger partial charge in [0.2, 0.25) is 0 Å². The van der Waals surface area contributed by atoms with E-state index in [4.69, 9.17) is 10.2 Å². The number of hydrogen-bond acceptors (Lipinski definition) is 3. The molecule has 3 rings (SSSR count). The van der Waals surface area contributed by atoms with Crippen LogP contribution < -0.4 is 5.73 Å². The maximum absolute atomic E-state index is 12.6. The van der Waals surface area contributed by atoms with Crippen LogP contribution in [0.2, 0.25) is 0 Å². The first-order valence-electron chi connectivity index (χ1n) is 7.02. The Morgan fingerprint density at radius 3 is 2.67 bits per heavy atom. The minimum atomic E-state index is -0.0621. The van der Waals surface area contributed by atoms with Gasteiger partial charge >= 0.3 is 0 Å². The van der Waals surface area contributed by atoms with Crippen molar-refractivity contribution in [2.45, 2.75) is 32.0 Å². The Morgan fingerprint density at radius 2 is 2.05 bits per heavy atom. The van der Waals surface area contributed by atoms with Crippen LogP contribution in [0.5, 0.6) is 0 Å². The van der Waals surface area contributed by atoms with E-state index in [2.05, 4.69) is 15.9 Å². The van der Waals surface area contributed by atoms with E-state index >= 15 is 0 Å². The third-order valence-electron chi connectivity index (χ3n) is 3.62. The molecule has 5 heteroatoms. The number of carbonyl (C=O) groups excluding carboxylic acids is 1. The molecule has 2 aromatic rings. The highest BCUT2D eigenvalue weighted by atomic mass is 79.9. The van der Waals surface area contributed by atoms with Crippen LogP contribution >= 0.6 is 15.9 Å². The minimum absolute atomic E-state index is 0.0621. The summed E-state index contributed by atoms with van der Waals surface area (Å²) in [5.41, 5.74) is 6.63. The van der Waals surface area contributed by atoms with E-state index in [0.717, 1.165) is 22.9 Å². The van der Waals surface area contributed by atoms with E-state index < -0.39 is 0 Å². The van der Waals surface area contributed by atoms with Gasteiger partial charge in [0, 0.05) is 17.1 Å². The molecule has 0 unspecified atom stereocenters. The molecule has 1 saturated carbocycles. The maximum atomic E-state index is 12.6. The second-order valence-corrected chi connectivity index (χ2v) is 6.08. The first kappa shape index (κ1) is 14.4. The van der Waals surface area contributed by atoms with Crippen LogP contribution in [-0.4, -0.2) is 16.8 Å². The average molecular weight is 349 g/mol. The molecule has 1 aromatic heterocycles. The fourth-order valence-corrected chi connectivity index (χ4v) is 2.72. The second-order valence-electron chi connectivity index (χ2n) is 5.23. The maximum Gasteiger partial charge on any atom is 0.290 e. The topological polar surface area (TPSA) is 59.5 Å². The zero-order chi connectivity index (χ0) is 14.8. The number of amides is 1. The number of halogens is 1. The molecule has 0 bridgehead atoms. The smallest absolute Gasteiger partial charge is 0.290 e. The van der Waals surface area contributed by atoms with Crippen molar-refractivity contribution in [1.82, 2.24) is 4.90 Å². The molecule has 4 nitrogen and oxygen atoms in total. The van der Waals surface area contributed by atoms with Crippen molar-refractivity contribution in [3.05, 3.63) is 58.0 Å². The quantitative estimate of drug-likeness (QED) is 0.901. The third kappa shape index (κ3) is 3.19. The summed E-state index contributed by atoms with van der Waals surface area (Å²) in [6.45, 7) is 0.893. The molecule has 0 atom stereocenters. The standard InChI is InChI=1S/C16H17BrN2O2/c17-14-4-2-1-3-11(14)10-19(12-5-6-12)16(20)15-8-7-13(9-18)21-15/h1-4,7-8,12H,5-6,9-10,18H2. The molecule has 1 aromatic carbocycles. The number of nitrogens with zero attached hydrogens (tertiary/aromatic N) is 1. The third-order valence-corrected chi connectivity index (χ3v) is 4.39. The Hall–Kier alpha value is -1.59. The highest BCUT2D eigenvalue weighted by Gasteiger charge is 2.34. The Morgan fingerprint density at radius 1 is 1.29 bits per heavy atom. The van der Waals surface area contributed by atoms with Gasteiger partial charge in [-0.2, -0.15) is 0 Å². The lowest BCUT2D eigenvalue weighted by Crippen LogP contribution is -2.32. The molecule has 0 radical (unpaired) electrons. The molecule has 2 N–H and O–H groups in total. The summed E-state index contributed by atoms with van der Waals surface area (Å²) in [5, 5.41) is 0. The SMILES string of the molecule is NCc1ccc(C(=O)N(Cc2ccccc2Br)C2CC2)o1. The molecular formula is C16H17BrN2O2. The summed E-state index contributed by atoms with van der Waals surface area (Å²) in [6.07, 6.45) is 2.11. The van der Waals surface area contributed by atoms with Crippen molar-refractivity contribution in [2.24, 2.45) is 5.73 Å². The molecule has 1 amide bonds. The van der Waals surface area contributed by atoms with E-state index in [9.17, 15) is 4.79 Å². The van der Waals surface area contributed by atoms with Crippen molar-refractivity contribution >= 4 is 21.8 Å². The number of furan rings is 1. The molecule has 1 fully saturated rings. The zero-order valence-electron chi connectivity index (χ0n) is 11.6. The van der Waals surface area contributed by atoms with E-state index in [-0.39, 0.29) is 5.91 Å². The van der Waals surface area contributed by atoms with Crippen LogP contribution in [0.3, 0.4) is 0 Å². The summed E-state index contributed by atoms with van der Waals surface area (Å²) in [6, 6.07) is 11.8. The largest absolute Gasteiger partial charge is 0.455 e. The second kappa shape index (κ2) is 6.03. The van der Waals surface area contributed by atoms with Crippen LogP contribution in [0.1, 0.15) is 34.7 Å². The van der Waals surface area contributed by atoms with Crippen LogP contribution in [0, 0.1) is 0 Å². The summed E-state index contributed by atoms with van der Waals surface area (Å²) >= 11 is 3.54. The summed E-state index contributed by atoms with van der Waals surface area (Å²) in [5.74, 6) is 0.942. The van der Waals surface area contributed by atoms with Gasteiger partial charge in [0.25, 0.3) is 5.91 Å².